The van der Waals surface area contributed by atoms with Crippen molar-refractivity contribution in [2.24, 2.45) is 17.3 Å². The number of carbonyl (C=O) groups is 2. The van der Waals surface area contributed by atoms with Crippen LogP contribution in [0.3, 0.4) is 0 Å². The van der Waals surface area contributed by atoms with Gasteiger partial charge in [0.2, 0.25) is 0 Å². The van der Waals surface area contributed by atoms with Gasteiger partial charge in [0.25, 0.3) is 0 Å². The lowest BCUT2D eigenvalue weighted by molar-refractivity contribution is -0.141. The minimum atomic E-state index is -1.20. The van der Waals surface area contributed by atoms with Gasteiger partial charge in [-0.05, 0) is 62.9 Å². The van der Waals surface area contributed by atoms with Gasteiger partial charge in [-0.15, -0.1) is 0 Å². The Bertz CT molecular complexity index is 573. The summed E-state index contributed by atoms with van der Waals surface area (Å²) in [7, 11) is 0. The third-order valence-electron chi connectivity index (χ3n) is 5.95. The topological polar surface area (TPSA) is 94.8 Å². The second-order valence-corrected chi connectivity index (χ2v) is 8.59. The van der Waals surface area contributed by atoms with Crippen LogP contribution in [-0.2, 0) is 9.59 Å². The van der Waals surface area contributed by atoms with E-state index in [9.17, 15) is 24.9 Å². The van der Waals surface area contributed by atoms with Crippen molar-refractivity contribution < 1.29 is 24.9 Å². The fourth-order valence-electron chi connectivity index (χ4n) is 4.46. The van der Waals surface area contributed by atoms with Crippen LogP contribution in [0, 0.1) is 17.3 Å². The predicted octanol–water partition coefficient (Wildman–Crippen LogP) is 1.95. The molecule has 2 bridgehead atoms. The van der Waals surface area contributed by atoms with Gasteiger partial charge in [0.05, 0.1) is 23.2 Å². The summed E-state index contributed by atoms with van der Waals surface area (Å²) in [5.41, 5.74) is -2.19. The van der Waals surface area contributed by atoms with Crippen LogP contribution in [0.5, 0.6) is 0 Å². The molecule has 0 aliphatic heterocycles. The molecule has 0 amide bonds. The van der Waals surface area contributed by atoms with E-state index in [1.807, 2.05) is 6.92 Å². The SMILES string of the molecule is CC(C)(O)/C=C/C=C(/C=O)[C@H]1CC[C@@]2(C)C[C@](O)(CC[C@H]2O)[C@@H]1C=O. The van der Waals surface area contributed by atoms with Crippen molar-refractivity contribution in [2.45, 2.75) is 70.2 Å². The summed E-state index contributed by atoms with van der Waals surface area (Å²) in [6.07, 6.45) is 8.18. The fraction of sp³-hybridized carbons (Fsp3) is 0.700. The second-order valence-electron chi connectivity index (χ2n) is 8.59. The van der Waals surface area contributed by atoms with Crippen molar-refractivity contribution in [2.75, 3.05) is 0 Å². The third kappa shape index (κ3) is 4.27. The van der Waals surface area contributed by atoms with Gasteiger partial charge in [-0.3, -0.25) is 4.79 Å². The summed E-state index contributed by atoms with van der Waals surface area (Å²) in [5, 5.41) is 31.3. The molecule has 0 unspecified atom stereocenters. The first-order valence-electron chi connectivity index (χ1n) is 8.97. The molecular formula is C20H30O5. The lowest BCUT2D eigenvalue weighted by Crippen LogP contribution is -2.51. The highest BCUT2D eigenvalue weighted by molar-refractivity contribution is 5.76. The Morgan fingerprint density at radius 1 is 1.20 bits per heavy atom. The van der Waals surface area contributed by atoms with Crippen molar-refractivity contribution in [3.05, 3.63) is 23.8 Å². The van der Waals surface area contributed by atoms with Gasteiger partial charge in [-0.25, -0.2) is 0 Å². The van der Waals surface area contributed by atoms with Crippen molar-refractivity contribution in [1.82, 2.24) is 0 Å². The summed E-state index contributed by atoms with van der Waals surface area (Å²) in [4.78, 5) is 23.5. The highest BCUT2D eigenvalue weighted by atomic mass is 16.3. The molecule has 0 aromatic rings. The quantitative estimate of drug-likeness (QED) is 0.400. The molecule has 2 aliphatic carbocycles. The standard InChI is InChI=1S/C20H30O5/c1-18(2,24)8-4-5-14(11-21)15-6-9-19(3)13-20(25,16(15)12-22)10-7-17(19)23/h4-5,8,11-12,15-17,23-25H,6-7,9-10,13H2,1-3H3/b8-4+,14-5-/t15-,16-,17-,19+,20-/m1/s1. The number of carbonyl (C=O) groups excluding carboxylic acids is 2. The molecule has 5 nitrogen and oxygen atoms in total. The predicted molar refractivity (Wildman–Crippen MR) is 94.8 cm³/mol. The maximum absolute atomic E-state index is 11.8. The smallest absolute Gasteiger partial charge is 0.146 e. The number of aliphatic hydroxyl groups is 3. The van der Waals surface area contributed by atoms with Crippen molar-refractivity contribution in [3.8, 4) is 0 Å². The first kappa shape index (κ1) is 20.0. The van der Waals surface area contributed by atoms with Crippen LogP contribution >= 0.6 is 0 Å². The molecule has 0 saturated heterocycles. The number of allylic oxidation sites excluding steroid dienone is 3. The maximum atomic E-state index is 11.8. The Kier molecular flexibility index (Phi) is 5.71. The number of fused-ring (bicyclic) bond motifs is 2. The number of hydrogen-bond donors (Lipinski definition) is 3. The van der Waals surface area contributed by atoms with Crippen LogP contribution in [0.15, 0.2) is 23.8 Å². The molecule has 2 rings (SSSR count). The fourth-order valence-corrected chi connectivity index (χ4v) is 4.46. The molecule has 140 valence electrons. The molecule has 5 atom stereocenters. The summed E-state index contributed by atoms with van der Waals surface area (Å²) in [5.74, 6) is -1.06. The molecule has 2 fully saturated rings. The normalized spacial score (nSPS) is 39.9. The van der Waals surface area contributed by atoms with E-state index >= 15 is 0 Å². The lowest BCUT2D eigenvalue weighted by Gasteiger charge is -2.46. The lowest BCUT2D eigenvalue weighted by atomic mass is 9.63. The zero-order valence-corrected chi connectivity index (χ0v) is 15.3. The molecule has 0 heterocycles. The van der Waals surface area contributed by atoms with Gasteiger partial charge in [-0.2, -0.15) is 0 Å². The van der Waals surface area contributed by atoms with Crippen LogP contribution < -0.4 is 0 Å². The average Bonchev–Trinajstić information content (AvgIpc) is 2.60. The first-order valence-corrected chi connectivity index (χ1v) is 8.97. The van der Waals surface area contributed by atoms with E-state index in [4.69, 9.17) is 0 Å². The van der Waals surface area contributed by atoms with Crippen LogP contribution in [0.4, 0.5) is 0 Å². The van der Waals surface area contributed by atoms with E-state index in [-0.39, 0.29) is 0 Å². The number of aldehydes is 2. The third-order valence-corrected chi connectivity index (χ3v) is 5.95. The Balaban J connectivity index is 2.38. The molecular weight excluding hydrogens is 320 g/mol. The number of aliphatic hydroxyl groups excluding tert-OH is 1. The minimum Gasteiger partial charge on any atom is -0.393 e. The van der Waals surface area contributed by atoms with E-state index in [2.05, 4.69) is 0 Å². The number of rotatable bonds is 5. The highest BCUT2D eigenvalue weighted by Gasteiger charge is 2.54. The summed E-state index contributed by atoms with van der Waals surface area (Å²) < 4.78 is 0. The Morgan fingerprint density at radius 2 is 1.88 bits per heavy atom. The molecule has 2 saturated carbocycles. The van der Waals surface area contributed by atoms with Gasteiger partial charge < -0.3 is 20.1 Å². The van der Waals surface area contributed by atoms with E-state index in [1.54, 1.807) is 32.1 Å². The van der Waals surface area contributed by atoms with Crippen LogP contribution in [0.1, 0.15) is 52.9 Å². The van der Waals surface area contributed by atoms with Gasteiger partial charge in [0, 0.05) is 0 Å². The zero-order valence-electron chi connectivity index (χ0n) is 15.3. The molecule has 0 radical (unpaired) electrons. The van der Waals surface area contributed by atoms with E-state index in [1.165, 1.54) is 0 Å². The Hall–Kier alpha value is -1.30. The molecule has 0 aromatic carbocycles. The molecule has 0 spiro atoms. The Labute approximate surface area is 149 Å². The van der Waals surface area contributed by atoms with Crippen LogP contribution in [0.2, 0.25) is 0 Å². The van der Waals surface area contributed by atoms with Crippen molar-refractivity contribution in [1.29, 1.82) is 0 Å². The Morgan fingerprint density at radius 3 is 2.44 bits per heavy atom. The van der Waals surface area contributed by atoms with Crippen LogP contribution in [0.25, 0.3) is 0 Å². The summed E-state index contributed by atoms with van der Waals surface area (Å²) in [6, 6.07) is 0. The minimum absolute atomic E-state index is 0.356. The molecule has 2 aliphatic rings. The molecule has 3 N–H and O–H groups in total. The molecule has 0 aromatic heterocycles. The van der Waals surface area contributed by atoms with E-state index in [0.29, 0.717) is 37.7 Å². The van der Waals surface area contributed by atoms with Gasteiger partial charge in [0.15, 0.2) is 0 Å². The van der Waals surface area contributed by atoms with Gasteiger partial charge in [0.1, 0.15) is 12.6 Å². The zero-order chi connectivity index (χ0) is 18.9. The maximum Gasteiger partial charge on any atom is 0.146 e. The van der Waals surface area contributed by atoms with Gasteiger partial charge in [-0.1, -0.05) is 25.2 Å². The second kappa shape index (κ2) is 7.14. The first-order chi connectivity index (χ1) is 11.5. The van der Waals surface area contributed by atoms with E-state index in [0.717, 1.165) is 12.6 Å². The molecule has 25 heavy (non-hydrogen) atoms. The van der Waals surface area contributed by atoms with E-state index < -0.39 is 34.6 Å². The average molecular weight is 350 g/mol. The number of hydrogen-bond acceptors (Lipinski definition) is 5. The summed E-state index contributed by atoms with van der Waals surface area (Å²) in [6.45, 7) is 5.21. The monoisotopic (exact) mass is 350 g/mol. The van der Waals surface area contributed by atoms with Crippen LogP contribution in [-0.4, -0.2) is 45.2 Å². The largest absolute Gasteiger partial charge is 0.393 e. The van der Waals surface area contributed by atoms with Crippen molar-refractivity contribution >= 4 is 12.6 Å². The van der Waals surface area contributed by atoms with Crippen molar-refractivity contribution in [3.63, 3.8) is 0 Å². The summed E-state index contributed by atoms with van der Waals surface area (Å²) >= 11 is 0. The highest BCUT2D eigenvalue weighted by Crippen LogP contribution is 2.53. The van der Waals surface area contributed by atoms with Gasteiger partial charge >= 0.3 is 0 Å². The molecule has 5 heteroatoms.